The molecule has 5 heteroatoms. The molecule has 0 spiro atoms. The fourth-order valence-electron chi connectivity index (χ4n) is 6.79. The molecule has 0 fully saturated rings. The first-order valence-electron chi connectivity index (χ1n) is 15.9. The summed E-state index contributed by atoms with van der Waals surface area (Å²) >= 11 is 1.79. The molecular weight excluding hydrogens is 607 g/mol. The maximum atomic E-state index is 6.46. The molecule has 0 amide bonds. The van der Waals surface area contributed by atoms with Crippen molar-refractivity contribution in [2.75, 3.05) is 0 Å². The first kappa shape index (κ1) is 27.0. The minimum atomic E-state index is 0.596. The lowest BCUT2D eigenvalue weighted by Gasteiger charge is -2.11. The molecule has 10 rings (SSSR count). The van der Waals surface area contributed by atoms with Crippen LogP contribution in [-0.4, -0.2) is 15.0 Å². The molecule has 224 valence electrons. The van der Waals surface area contributed by atoms with Crippen molar-refractivity contribution in [1.82, 2.24) is 15.0 Å². The van der Waals surface area contributed by atoms with Crippen molar-refractivity contribution < 1.29 is 4.42 Å². The van der Waals surface area contributed by atoms with Gasteiger partial charge in [0.2, 0.25) is 0 Å². The average Bonchev–Trinajstić information content (AvgIpc) is 3.72. The van der Waals surface area contributed by atoms with E-state index in [1.807, 2.05) is 18.2 Å². The molecule has 0 saturated heterocycles. The van der Waals surface area contributed by atoms with E-state index in [2.05, 4.69) is 133 Å². The normalized spacial score (nSPS) is 11.8. The smallest absolute Gasteiger partial charge is 0.164 e. The maximum Gasteiger partial charge on any atom is 0.164 e. The molecule has 0 aliphatic carbocycles. The van der Waals surface area contributed by atoms with E-state index in [4.69, 9.17) is 19.4 Å². The fourth-order valence-corrected chi connectivity index (χ4v) is 7.93. The van der Waals surface area contributed by atoms with Gasteiger partial charge in [0.1, 0.15) is 11.2 Å². The fraction of sp³-hybridized carbons (Fsp3) is 0. The monoisotopic (exact) mass is 631 g/mol. The van der Waals surface area contributed by atoms with Gasteiger partial charge in [-0.25, -0.2) is 15.0 Å². The lowest BCUT2D eigenvalue weighted by Crippen LogP contribution is -2.00. The van der Waals surface area contributed by atoms with Crippen LogP contribution >= 0.6 is 11.3 Å². The second kappa shape index (κ2) is 10.7. The lowest BCUT2D eigenvalue weighted by molar-refractivity contribution is 0.669. The number of rotatable bonds is 4. The number of hydrogen-bond acceptors (Lipinski definition) is 5. The summed E-state index contributed by atoms with van der Waals surface area (Å²) in [6.45, 7) is 0. The summed E-state index contributed by atoms with van der Waals surface area (Å²) in [4.78, 5) is 15.4. The van der Waals surface area contributed by atoms with E-state index < -0.39 is 0 Å². The van der Waals surface area contributed by atoms with Crippen molar-refractivity contribution in [3.05, 3.63) is 152 Å². The third kappa shape index (κ3) is 4.40. The predicted molar refractivity (Wildman–Crippen MR) is 199 cm³/mol. The third-order valence-corrected chi connectivity index (χ3v) is 10.2. The van der Waals surface area contributed by atoms with Gasteiger partial charge >= 0.3 is 0 Å². The van der Waals surface area contributed by atoms with E-state index in [9.17, 15) is 0 Å². The molecule has 0 atom stereocenters. The van der Waals surface area contributed by atoms with E-state index in [1.54, 1.807) is 11.3 Å². The highest BCUT2D eigenvalue weighted by Gasteiger charge is 2.19. The van der Waals surface area contributed by atoms with Crippen LogP contribution in [0.5, 0.6) is 0 Å². The number of furan rings is 1. The number of thiophene rings is 1. The molecule has 0 saturated carbocycles. The lowest BCUT2D eigenvalue weighted by atomic mass is 9.97. The summed E-state index contributed by atoms with van der Waals surface area (Å²) in [5.41, 5.74) is 6.60. The quantitative estimate of drug-likeness (QED) is 0.194. The molecule has 7 aromatic carbocycles. The molecule has 48 heavy (non-hydrogen) atoms. The standard InChI is InChI=1S/C43H25N3OS/c1-2-11-27(12-3-1)35-23-31(24-37-40(35)34-15-6-8-16-36(34)47-37)43-45-41(29-19-18-26-10-4-5-13-28(26)22-29)44-42(46-43)30-20-21-33-32-14-7-9-17-38(32)48-39(33)25-30/h1-25H. The van der Waals surface area contributed by atoms with Crippen LogP contribution in [0.2, 0.25) is 0 Å². The Hall–Kier alpha value is -6.17. The Morgan fingerprint density at radius 3 is 1.90 bits per heavy atom. The van der Waals surface area contributed by atoms with E-state index in [0.717, 1.165) is 55.1 Å². The van der Waals surface area contributed by atoms with Crippen molar-refractivity contribution in [2.45, 2.75) is 0 Å². The van der Waals surface area contributed by atoms with Crippen molar-refractivity contribution in [1.29, 1.82) is 0 Å². The Balaban J connectivity index is 1.23. The zero-order valence-corrected chi connectivity index (χ0v) is 26.4. The second-order valence-electron chi connectivity index (χ2n) is 12.0. The zero-order valence-electron chi connectivity index (χ0n) is 25.6. The molecule has 10 aromatic rings. The SMILES string of the molecule is c1ccc(-c2cc(-c3nc(-c4ccc5ccccc5c4)nc(-c4ccc5c(c4)sc4ccccc45)n3)cc3oc4ccccc4c23)cc1. The van der Waals surface area contributed by atoms with Crippen molar-refractivity contribution in [3.63, 3.8) is 0 Å². The number of aromatic nitrogens is 3. The average molecular weight is 632 g/mol. The van der Waals surface area contributed by atoms with Crippen LogP contribution in [0.3, 0.4) is 0 Å². The van der Waals surface area contributed by atoms with Crippen LogP contribution in [0.4, 0.5) is 0 Å². The van der Waals surface area contributed by atoms with Gasteiger partial charge in [-0.2, -0.15) is 0 Å². The summed E-state index contributed by atoms with van der Waals surface area (Å²) in [6.07, 6.45) is 0. The zero-order chi connectivity index (χ0) is 31.6. The van der Waals surface area contributed by atoms with E-state index in [0.29, 0.717) is 17.5 Å². The third-order valence-electron chi connectivity index (χ3n) is 9.10. The van der Waals surface area contributed by atoms with Gasteiger partial charge in [-0.15, -0.1) is 11.3 Å². The largest absolute Gasteiger partial charge is 0.456 e. The second-order valence-corrected chi connectivity index (χ2v) is 13.1. The molecule has 0 unspecified atom stereocenters. The van der Waals surface area contributed by atoms with Gasteiger partial charge in [0.05, 0.1) is 0 Å². The summed E-state index contributed by atoms with van der Waals surface area (Å²) in [7, 11) is 0. The molecule has 0 aliphatic rings. The molecule has 3 aromatic heterocycles. The van der Waals surface area contributed by atoms with Gasteiger partial charge < -0.3 is 4.42 Å². The highest BCUT2D eigenvalue weighted by molar-refractivity contribution is 7.25. The minimum absolute atomic E-state index is 0.596. The topological polar surface area (TPSA) is 51.8 Å². The summed E-state index contributed by atoms with van der Waals surface area (Å²) < 4.78 is 8.94. The van der Waals surface area contributed by atoms with Crippen LogP contribution in [-0.2, 0) is 0 Å². The number of benzene rings is 7. The maximum absolute atomic E-state index is 6.46. The molecule has 4 nitrogen and oxygen atoms in total. The van der Waals surface area contributed by atoms with Crippen LogP contribution in [0, 0.1) is 0 Å². The molecular formula is C43H25N3OS. The highest BCUT2D eigenvalue weighted by Crippen LogP contribution is 2.41. The van der Waals surface area contributed by atoms with Gasteiger partial charge in [-0.3, -0.25) is 0 Å². The van der Waals surface area contributed by atoms with E-state index in [-0.39, 0.29) is 0 Å². The molecule has 0 radical (unpaired) electrons. The summed E-state index contributed by atoms with van der Waals surface area (Å²) in [5, 5.41) is 6.99. The van der Waals surface area contributed by atoms with Gasteiger partial charge in [0.25, 0.3) is 0 Å². The Labute approximate surface area is 279 Å². The number of para-hydroxylation sites is 1. The first-order chi connectivity index (χ1) is 23.7. The van der Waals surface area contributed by atoms with Gasteiger partial charge in [0, 0.05) is 47.6 Å². The Kier molecular flexibility index (Phi) is 6.01. The molecule has 0 N–H and O–H groups in total. The Morgan fingerprint density at radius 2 is 1.04 bits per heavy atom. The van der Waals surface area contributed by atoms with Crippen LogP contribution in [0.15, 0.2) is 156 Å². The van der Waals surface area contributed by atoms with Gasteiger partial charge in [-0.05, 0) is 58.3 Å². The predicted octanol–water partition coefficient (Wildman–Crippen LogP) is 12.0. The highest BCUT2D eigenvalue weighted by atomic mass is 32.1. The molecule has 0 bridgehead atoms. The Bertz CT molecular complexity index is 2850. The molecule has 3 heterocycles. The Morgan fingerprint density at radius 1 is 0.396 bits per heavy atom. The number of nitrogens with zero attached hydrogens (tertiary/aromatic N) is 3. The summed E-state index contributed by atoms with van der Waals surface area (Å²) in [5.74, 6) is 1.86. The molecule has 0 aliphatic heterocycles. The van der Waals surface area contributed by atoms with E-state index >= 15 is 0 Å². The van der Waals surface area contributed by atoms with Crippen LogP contribution < -0.4 is 0 Å². The van der Waals surface area contributed by atoms with E-state index in [1.165, 1.54) is 25.6 Å². The van der Waals surface area contributed by atoms with Crippen molar-refractivity contribution in [3.8, 4) is 45.3 Å². The van der Waals surface area contributed by atoms with Gasteiger partial charge in [0.15, 0.2) is 17.5 Å². The number of fused-ring (bicyclic) bond motifs is 7. The number of hydrogen-bond donors (Lipinski definition) is 0. The van der Waals surface area contributed by atoms with Crippen molar-refractivity contribution in [2.24, 2.45) is 0 Å². The van der Waals surface area contributed by atoms with Gasteiger partial charge in [-0.1, -0.05) is 115 Å². The van der Waals surface area contributed by atoms with Crippen molar-refractivity contribution >= 4 is 64.2 Å². The first-order valence-corrected chi connectivity index (χ1v) is 16.7. The van der Waals surface area contributed by atoms with Crippen LogP contribution in [0.25, 0.3) is 98.2 Å². The minimum Gasteiger partial charge on any atom is -0.456 e. The van der Waals surface area contributed by atoms with Crippen LogP contribution in [0.1, 0.15) is 0 Å². The summed E-state index contributed by atoms with van der Waals surface area (Å²) in [6, 6.07) is 52.8.